The highest BCUT2D eigenvalue weighted by molar-refractivity contribution is 7.89. The van der Waals surface area contributed by atoms with Gasteiger partial charge in [-0.05, 0) is 82.6 Å². The van der Waals surface area contributed by atoms with Crippen LogP contribution in [0.15, 0.2) is 11.0 Å². The van der Waals surface area contributed by atoms with Gasteiger partial charge in [-0.1, -0.05) is 25.3 Å². The number of sulfonamides is 1. The van der Waals surface area contributed by atoms with Crippen molar-refractivity contribution in [3.05, 3.63) is 28.3 Å². The van der Waals surface area contributed by atoms with Gasteiger partial charge in [0.25, 0.3) is 5.91 Å². The lowest BCUT2D eigenvalue weighted by atomic mass is 9.95. The van der Waals surface area contributed by atoms with E-state index in [1.807, 2.05) is 33.8 Å². The molecular formula is C25H38N2O5S. The fraction of sp³-hybridized carbons (Fsp3) is 0.680. The van der Waals surface area contributed by atoms with Crippen LogP contribution in [0.25, 0.3) is 0 Å². The minimum atomic E-state index is -3.65. The Labute approximate surface area is 198 Å². The van der Waals surface area contributed by atoms with Crippen LogP contribution in [-0.2, 0) is 24.3 Å². The maximum atomic E-state index is 13.4. The van der Waals surface area contributed by atoms with Gasteiger partial charge in [0.1, 0.15) is 0 Å². The van der Waals surface area contributed by atoms with Crippen molar-refractivity contribution < 1.29 is 22.7 Å². The first kappa shape index (κ1) is 25.7. The largest absolute Gasteiger partial charge is 0.452 e. The van der Waals surface area contributed by atoms with Crippen LogP contribution < -0.4 is 5.32 Å². The topological polar surface area (TPSA) is 92.8 Å². The van der Waals surface area contributed by atoms with E-state index in [1.165, 1.54) is 10.7 Å². The zero-order chi connectivity index (χ0) is 24.3. The van der Waals surface area contributed by atoms with Crippen molar-refractivity contribution in [3.8, 4) is 0 Å². The van der Waals surface area contributed by atoms with Gasteiger partial charge in [0.15, 0.2) is 6.10 Å². The van der Waals surface area contributed by atoms with Gasteiger partial charge >= 0.3 is 5.97 Å². The highest BCUT2D eigenvalue weighted by atomic mass is 32.2. The van der Waals surface area contributed by atoms with Crippen molar-refractivity contribution in [2.75, 3.05) is 13.1 Å². The average molecular weight is 479 g/mol. The van der Waals surface area contributed by atoms with Gasteiger partial charge in [0.05, 0.1) is 10.8 Å². The summed E-state index contributed by atoms with van der Waals surface area (Å²) in [6.45, 7) is 9.66. The molecule has 184 valence electrons. The summed E-state index contributed by atoms with van der Waals surface area (Å²) in [4.78, 5) is 25.5. The van der Waals surface area contributed by atoms with Crippen molar-refractivity contribution >= 4 is 21.9 Å². The number of piperidine rings is 1. The van der Waals surface area contributed by atoms with E-state index in [9.17, 15) is 18.0 Å². The van der Waals surface area contributed by atoms with Crippen LogP contribution in [-0.4, -0.2) is 49.8 Å². The van der Waals surface area contributed by atoms with Crippen molar-refractivity contribution in [1.29, 1.82) is 0 Å². The third kappa shape index (κ3) is 5.77. The van der Waals surface area contributed by atoms with Gasteiger partial charge in [-0.2, -0.15) is 4.31 Å². The molecule has 1 aliphatic heterocycles. The Kier molecular flexibility index (Phi) is 8.22. The number of carbonyl (C=O) groups excluding carboxylic acids is 2. The quantitative estimate of drug-likeness (QED) is 0.630. The Morgan fingerprint density at radius 2 is 1.52 bits per heavy atom. The first-order valence-electron chi connectivity index (χ1n) is 12.1. The van der Waals surface area contributed by atoms with E-state index in [4.69, 9.17) is 4.74 Å². The monoisotopic (exact) mass is 478 g/mol. The second-order valence-electron chi connectivity index (χ2n) is 9.69. The Bertz CT molecular complexity index is 964. The fourth-order valence-corrected chi connectivity index (χ4v) is 6.96. The first-order valence-corrected chi connectivity index (χ1v) is 13.5. The third-order valence-corrected chi connectivity index (χ3v) is 9.47. The molecule has 1 amide bonds. The Morgan fingerprint density at radius 3 is 2.06 bits per heavy atom. The summed E-state index contributed by atoms with van der Waals surface area (Å²) in [7, 11) is -3.65. The molecule has 1 atom stereocenters. The van der Waals surface area contributed by atoms with Crippen LogP contribution >= 0.6 is 0 Å². The van der Waals surface area contributed by atoms with Crippen molar-refractivity contribution in [3.63, 3.8) is 0 Å². The van der Waals surface area contributed by atoms with Crippen LogP contribution in [0.4, 0.5) is 0 Å². The standard InChI is InChI=1S/C25H38N2O5S/c1-16-15-17(2)19(4)23(18(16)3)33(30,31)27-13-11-21(12-14-27)25(29)32-20(5)24(28)26-22-9-7-6-8-10-22/h15,20-22H,6-14H2,1-5H3,(H,26,28). The number of amides is 1. The van der Waals surface area contributed by atoms with E-state index in [2.05, 4.69) is 5.32 Å². The minimum Gasteiger partial charge on any atom is -0.452 e. The molecule has 3 rings (SSSR count). The van der Waals surface area contributed by atoms with E-state index in [1.54, 1.807) is 6.92 Å². The van der Waals surface area contributed by atoms with Crippen molar-refractivity contribution in [2.45, 2.75) is 96.6 Å². The second kappa shape index (κ2) is 10.6. The van der Waals surface area contributed by atoms with Crippen LogP contribution in [0.2, 0.25) is 0 Å². The summed E-state index contributed by atoms with van der Waals surface area (Å²) in [6, 6.07) is 2.18. The second-order valence-corrected chi connectivity index (χ2v) is 11.6. The molecule has 1 saturated carbocycles. The molecule has 0 aromatic heterocycles. The number of nitrogens with zero attached hydrogens (tertiary/aromatic N) is 1. The third-order valence-electron chi connectivity index (χ3n) is 7.30. The molecule has 2 aliphatic rings. The van der Waals surface area contributed by atoms with E-state index in [0.717, 1.165) is 47.9 Å². The number of benzene rings is 1. The molecular weight excluding hydrogens is 440 g/mol. The number of hydrogen-bond donors (Lipinski definition) is 1. The van der Waals surface area contributed by atoms with E-state index < -0.39 is 28.0 Å². The van der Waals surface area contributed by atoms with Crippen LogP contribution in [0.3, 0.4) is 0 Å². The average Bonchev–Trinajstić information content (AvgIpc) is 2.78. The van der Waals surface area contributed by atoms with Gasteiger partial charge in [0, 0.05) is 19.1 Å². The molecule has 1 aromatic rings. The molecule has 1 aromatic carbocycles. The van der Waals surface area contributed by atoms with Gasteiger partial charge in [-0.3, -0.25) is 9.59 Å². The maximum Gasteiger partial charge on any atom is 0.309 e. The highest BCUT2D eigenvalue weighted by Crippen LogP contribution is 2.31. The van der Waals surface area contributed by atoms with Crippen molar-refractivity contribution in [1.82, 2.24) is 9.62 Å². The Hall–Kier alpha value is -1.93. The van der Waals surface area contributed by atoms with E-state index in [-0.39, 0.29) is 25.0 Å². The highest BCUT2D eigenvalue weighted by Gasteiger charge is 2.35. The molecule has 33 heavy (non-hydrogen) atoms. The van der Waals surface area contributed by atoms with Crippen LogP contribution in [0.1, 0.15) is 74.1 Å². The fourth-order valence-electron chi connectivity index (χ4n) is 4.92. The minimum absolute atomic E-state index is 0.165. The molecule has 2 fully saturated rings. The van der Waals surface area contributed by atoms with Gasteiger partial charge in [-0.25, -0.2) is 8.42 Å². The predicted octanol–water partition coefficient (Wildman–Crippen LogP) is 3.70. The Morgan fingerprint density at radius 1 is 0.970 bits per heavy atom. The predicted molar refractivity (Wildman–Crippen MR) is 127 cm³/mol. The summed E-state index contributed by atoms with van der Waals surface area (Å²) in [5.74, 6) is -1.07. The number of aryl methyl sites for hydroxylation is 2. The summed E-state index contributed by atoms with van der Waals surface area (Å²) < 4.78 is 33.8. The van der Waals surface area contributed by atoms with E-state index >= 15 is 0 Å². The number of rotatable bonds is 6. The Balaban J connectivity index is 1.58. The zero-order valence-corrected chi connectivity index (χ0v) is 21.4. The number of carbonyl (C=O) groups is 2. The van der Waals surface area contributed by atoms with Gasteiger partial charge in [-0.15, -0.1) is 0 Å². The number of esters is 1. The molecule has 7 nitrogen and oxygen atoms in total. The number of ether oxygens (including phenoxy) is 1. The number of nitrogens with one attached hydrogen (secondary N) is 1. The van der Waals surface area contributed by atoms with Gasteiger partial charge < -0.3 is 10.1 Å². The van der Waals surface area contributed by atoms with Gasteiger partial charge in [0.2, 0.25) is 10.0 Å². The molecule has 1 unspecified atom stereocenters. The summed E-state index contributed by atoms with van der Waals surface area (Å²) >= 11 is 0. The number of hydrogen-bond acceptors (Lipinski definition) is 5. The maximum absolute atomic E-state index is 13.4. The lowest BCUT2D eigenvalue weighted by molar-refractivity contribution is -0.160. The smallest absolute Gasteiger partial charge is 0.309 e. The molecule has 1 heterocycles. The molecule has 0 spiro atoms. The van der Waals surface area contributed by atoms with Crippen LogP contribution in [0.5, 0.6) is 0 Å². The molecule has 8 heteroatoms. The molecule has 0 radical (unpaired) electrons. The lowest BCUT2D eigenvalue weighted by Gasteiger charge is -2.32. The normalized spacial score (nSPS) is 19.8. The van der Waals surface area contributed by atoms with E-state index in [0.29, 0.717) is 17.7 Å². The molecule has 1 N–H and O–H groups in total. The SMILES string of the molecule is Cc1cc(C)c(C)c(S(=O)(=O)N2CCC(C(=O)OC(C)C(=O)NC3CCCCC3)CC2)c1C. The zero-order valence-electron chi connectivity index (χ0n) is 20.6. The molecule has 0 bridgehead atoms. The molecule has 1 saturated heterocycles. The van der Waals surface area contributed by atoms with Crippen LogP contribution in [0, 0.1) is 33.6 Å². The first-order chi connectivity index (χ1) is 15.5. The summed E-state index contributed by atoms with van der Waals surface area (Å²) in [5.41, 5.74) is 3.46. The van der Waals surface area contributed by atoms with Crippen molar-refractivity contribution in [2.24, 2.45) is 5.92 Å². The summed E-state index contributed by atoms with van der Waals surface area (Å²) in [6.07, 6.45) is 5.30. The summed E-state index contributed by atoms with van der Waals surface area (Å²) in [5, 5.41) is 2.99. The lowest BCUT2D eigenvalue weighted by Crippen LogP contribution is -2.45. The molecule has 1 aliphatic carbocycles.